The summed E-state index contributed by atoms with van der Waals surface area (Å²) >= 11 is 0. The minimum Gasteiger partial charge on any atom is -0.392 e. The molecule has 1 atom stereocenters. The summed E-state index contributed by atoms with van der Waals surface area (Å²) in [7, 11) is 0. The standard InChI is InChI=1S/C8H12N2O2/c1-6-3-4-10(5-7(2)11)8(12)9-6/h3-4,7,11H,5H2,1-2H3/t7-/m0/s1. The summed E-state index contributed by atoms with van der Waals surface area (Å²) in [4.78, 5) is 14.8. The van der Waals surface area contributed by atoms with E-state index in [9.17, 15) is 4.79 Å². The van der Waals surface area contributed by atoms with E-state index in [4.69, 9.17) is 5.11 Å². The summed E-state index contributed by atoms with van der Waals surface area (Å²) in [6.07, 6.45) is 1.12. The second-order valence-electron chi connectivity index (χ2n) is 2.85. The van der Waals surface area contributed by atoms with Gasteiger partial charge in [-0.3, -0.25) is 4.57 Å². The molecule has 4 nitrogen and oxygen atoms in total. The first kappa shape index (κ1) is 8.93. The van der Waals surface area contributed by atoms with Crippen molar-refractivity contribution in [2.75, 3.05) is 0 Å². The zero-order valence-corrected chi connectivity index (χ0v) is 7.19. The Labute approximate surface area is 70.5 Å². The van der Waals surface area contributed by atoms with Gasteiger partial charge in [0, 0.05) is 11.9 Å². The lowest BCUT2D eigenvalue weighted by Crippen LogP contribution is -2.27. The molecule has 0 aliphatic heterocycles. The van der Waals surface area contributed by atoms with E-state index in [0.29, 0.717) is 12.2 Å². The number of aromatic nitrogens is 2. The SMILES string of the molecule is Cc1ccn(C[C@H](C)O)c(=O)n1. The van der Waals surface area contributed by atoms with Crippen molar-refractivity contribution in [2.45, 2.75) is 26.5 Å². The fourth-order valence-corrected chi connectivity index (χ4v) is 0.938. The van der Waals surface area contributed by atoms with Crippen LogP contribution in [0.2, 0.25) is 0 Å². The predicted molar refractivity (Wildman–Crippen MR) is 44.9 cm³/mol. The molecule has 4 heteroatoms. The summed E-state index contributed by atoms with van der Waals surface area (Å²) < 4.78 is 1.39. The number of hydrogen-bond donors (Lipinski definition) is 1. The van der Waals surface area contributed by atoms with Gasteiger partial charge in [0.15, 0.2) is 0 Å². The van der Waals surface area contributed by atoms with Gasteiger partial charge in [0.2, 0.25) is 0 Å². The van der Waals surface area contributed by atoms with Gasteiger partial charge in [-0.1, -0.05) is 0 Å². The summed E-state index contributed by atoms with van der Waals surface area (Å²) in [6.45, 7) is 3.69. The highest BCUT2D eigenvalue weighted by molar-refractivity contribution is 4.95. The molecule has 0 spiro atoms. The topological polar surface area (TPSA) is 55.1 Å². The second kappa shape index (κ2) is 3.49. The van der Waals surface area contributed by atoms with Gasteiger partial charge in [-0.2, -0.15) is 4.98 Å². The van der Waals surface area contributed by atoms with Gasteiger partial charge in [-0.15, -0.1) is 0 Å². The number of aliphatic hydroxyl groups excluding tert-OH is 1. The lowest BCUT2D eigenvalue weighted by atomic mass is 10.4. The first-order chi connectivity index (χ1) is 5.59. The van der Waals surface area contributed by atoms with Gasteiger partial charge in [0.1, 0.15) is 0 Å². The molecule has 1 aromatic heterocycles. The molecule has 66 valence electrons. The third-order valence-electron chi connectivity index (χ3n) is 1.47. The molecule has 1 heterocycles. The Kier molecular flexibility index (Phi) is 2.60. The third kappa shape index (κ3) is 2.17. The zero-order chi connectivity index (χ0) is 9.14. The van der Waals surface area contributed by atoms with E-state index in [2.05, 4.69) is 4.98 Å². The van der Waals surface area contributed by atoms with E-state index in [1.54, 1.807) is 26.1 Å². The Morgan fingerprint density at radius 1 is 1.75 bits per heavy atom. The Bertz CT molecular complexity index is 317. The van der Waals surface area contributed by atoms with Crippen molar-refractivity contribution in [2.24, 2.45) is 0 Å². The molecule has 0 saturated heterocycles. The zero-order valence-electron chi connectivity index (χ0n) is 7.19. The Morgan fingerprint density at radius 3 is 2.92 bits per heavy atom. The smallest absolute Gasteiger partial charge is 0.347 e. The lowest BCUT2D eigenvalue weighted by Gasteiger charge is -2.06. The highest BCUT2D eigenvalue weighted by Gasteiger charge is 2.00. The summed E-state index contributed by atoms with van der Waals surface area (Å²) in [5.74, 6) is 0. The molecule has 1 N–H and O–H groups in total. The Morgan fingerprint density at radius 2 is 2.42 bits per heavy atom. The number of nitrogens with zero attached hydrogens (tertiary/aromatic N) is 2. The van der Waals surface area contributed by atoms with Crippen LogP contribution in [0.3, 0.4) is 0 Å². The molecule has 12 heavy (non-hydrogen) atoms. The van der Waals surface area contributed by atoms with Crippen LogP contribution >= 0.6 is 0 Å². The van der Waals surface area contributed by atoms with Crippen LogP contribution in [0, 0.1) is 6.92 Å². The van der Waals surface area contributed by atoms with Crippen LogP contribution in [0.4, 0.5) is 0 Å². The van der Waals surface area contributed by atoms with E-state index >= 15 is 0 Å². The van der Waals surface area contributed by atoms with E-state index < -0.39 is 6.10 Å². The van der Waals surface area contributed by atoms with Crippen molar-refractivity contribution in [3.05, 3.63) is 28.4 Å². The highest BCUT2D eigenvalue weighted by atomic mass is 16.3. The molecule has 0 fully saturated rings. The molecule has 0 aliphatic carbocycles. The predicted octanol–water partition coefficient (Wildman–Crippen LogP) is -0.0675. The van der Waals surface area contributed by atoms with Gasteiger partial charge in [-0.05, 0) is 19.9 Å². The molecule has 1 rings (SSSR count). The molecule has 0 amide bonds. The van der Waals surface area contributed by atoms with Crippen LogP contribution in [0.5, 0.6) is 0 Å². The second-order valence-corrected chi connectivity index (χ2v) is 2.85. The van der Waals surface area contributed by atoms with Crippen LogP contribution < -0.4 is 5.69 Å². The lowest BCUT2D eigenvalue weighted by molar-refractivity contribution is 0.171. The molecule has 0 saturated carbocycles. The first-order valence-corrected chi connectivity index (χ1v) is 3.82. The van der Waals surface area contributed by atoms with Crippen molar-refractivity contribution in [3.8, 4) is 0 Å². The van der Waals surface area contributed by atoms with Crippen molar-refractivity contribution < 1.29 is 5.11 Å². The molecule has 0 radical (unpaired) electrons. The normalized spacial score (nSPS) is 12.9. The minimum absolute atomic E-state index is 0.298. The molecular formula is C8H12N2O2. The molecule has 0 aliphatic rings. The van der Waals surface area contributed by atoms with Crippen molar-refractivity contribution in [3.63, 3.8) is 0 Å². The fraction of sp³-hybridized carbons (Fsp3) is 0.500. The largest absolute Gasteiger partial charge is 0.392 e. The monoisotopic (exact) mass is 168 g/mol. The average Bonchev–Trinajstić information content (AvgIpc) is 1.94. The summed E-state index contributed by atoms with van der Waals surface area (Å²) in [5.41, 5.74) is 0.387. The maximum absolute atomic E-state index is 11.1. The van der Waals surface area contributed by atoms with E-state index in [-0.39, 0.29) is 5.69 Å². The molecule has 0 unspecified atom stereocenters. The third-order valence-corrected chi connectivity index (χ3v) is 1.47. The van der Waals surface area contributed by atoms with Gasteiger partial charge in [0.25, 0.3) is 0 Å². The maximum atomic E-state index is 11.1. The average molecular weight is 168 g/mol. The van der Waals surface area contributed by atoms with Crippen molar-refractivity contribution in [1.29, 1.82) is 0 Å². The Hall–Kier alpha value is -1.16. The first-order valence-electron chi connectivity index (χ1n) is 3.82. The van der Waals surface area contributed by atoms with Crippen molar-refractivity contribution >= 4 is 0 Å². The van der Waals surface area contributed by atoms with Crippen molar-refractivity contribution in [1.82, 2.24) is 9.55 Å². The highest BCUT2D eigenvalue weighted by Crippen LogP contribution is 1.89. The Balaban J connectivity index is 2.94. The number of rotatable bonds is 2. The quantitative estimate of drug-likeness (QED) is 0.672. The molecule has 0 bridgehead atoms. The fourth-order valence-electron chi connectivity index (χ4n) is 0.938. The summed E-state index contributed by atoms with van der Waals surface area (Å²) in [5, 5.41) is 9.01. The van der Waals surface area contributed by atoms with Crippen LogP contribution in [-0.4, -0.2) is 20.8 Å². The van der Waals surface area contributed by atoms with E-state index in [0.717, 1.165) is 0 Å². The van der Waals surface area contributed by atoms with Gasteiger partial charge >= 0.3 is 5.69 Å². The van der Waals surface area contributed by atoms with Gasteiger partial charge in [-0.25, -0.2) is 4.79 Å². The number of hydrogen-bond acceptors (Lipinski definition) is 3. The number of aryl methyl sites for hydroxylation is 1. The molecule has 1 aromatic rings. The van der Waals surface area contributed by atoms with Crippen LogP contribution in [0.15, 0.2) is 17.1 Å². The van der Waals surface area contributed by atoms with Crippen LogP contribution in [0.25, 0.3) is 0 Å². The van der Waals surface area contributed by atoms with Gasteiger partial charge < -0.3 is 5.11 Å². The van der Waals surface area contributed by atoms with Crippen LogP contribution in [-0.2, 0) is 6.54 Å². The van der Waals surface area contributed by atoms with Gasteiger partial charge in [0.05, 0.1) is 12.6 Å². The molecule has 0 aromatic carbocycles. The van der Waals surface area contributed by atoms with Crippen LogP contribution in [0.1, 0.15) is 12.6 Å². The summed E-state index contributed by atoms with van der Waals surface area (Å²) in [6, 6.07) is 1.74. The van der Waals surface area contributed by atoms with E-state index in [1.165, 1.54) is 4.57 Å². The number of aliphatic hydroxyl groups is 1. The minimum atomic E-state index is -0.521. The maximum Gasteiger partial charge on any atom is 0.347 e. The molecular weight excluding hydrogens is 156 g/mol. The van der Waals surface area contributed by atoms with E-state index in [1.807, 2.05) is 0 Å².